The van der Waals surface area contributed by atoms with Crippen LogP contribution in [0.5, 0.6) is 0 Å². The van der Waals surface area contributed by atoms with Crippen LogP contribution in [-0.2, 0) is 267 Å². The van der Waals surface area contributed by atoms with Crippen molar-refractivity contribution in [3.63, 3.8) is 0 Å². The number of aliphatic hydroxyl groups is 2. The van der Waals surface area contributed by atoms with E-state index in [-0.39, 0.29) is 45.2 Å². The summed E-state index contributed by atoms with van der Waals surface area (Å²) >= 11 is 0. The molecule has 0 aromatic carbocycles. The number of fused-ring (bicyclic) bond motifs is 6. The number of hydrogen-bond donors (Lipinski definition) is 2. The SMILES string of the molecule is C=CC(=O)OCC(=O)OC1(C)C2(C)CC3C(O2)C1(C)OS3(=O)=O.C=CC(=O)OCC(=O)OC1C2CC3(C(=O)OC)C(O2)C1OS3(=O)=O.C=CC(=O)OCC(=O)OC1C2OC3C1OS(=O)(=O)C3C2C#N.C=CC(=O)OCC(=O)OC1C2OS(=O)(=O)C3C2OC1C3C(=O)OC.C=CC(=O)OCC(=O)OC1C2OS(=O)(=O)C3CC1(CO)OC23CO.C=CC(=O)OCC(=O)OC1C2OS(=O)(=O)C3CC1(COC(C)=O)OC23CCOC=O. The number of ether oxygens (including phenoxy) is 22. The summed E-state index contributed by atoms with van der Waals surface area (Å²) in [5.74, 6) is -14.9. The van der Waals surface area contributed by atoms with E-state index in [1.165, 1.54) is 0 Å². The van der Waals surface area contributed by atoms with Crippen LogP contribution in [0.15, 0.2) is 75.9 Å². The van der Waals surface area contributed by atoms with Crippen LogP contribution in [0.3, 0.4) is 0 Å². The van der Waals surface area contributed by atoms with Crippen LogP contribution < -0.4 is 0 Å². The Hall–Kier alpha value is -11.4. The third-order valence-corrected chi connectivity index (χ3v) is 38.0. The zero-order valence-corrected chi connectivity index (χ0v) is 82.3. The van der Waals surface area contributed by atoms with Gasteiger partial charge in [0, 0.05) is 75.5 Å². The number of nitriles is 1. The fraction of sp³-hybridized carbons (Fsp3) is 0.646. The fourth-order valence-corrected chi connectivity index (χ4v) is 32.3. The lowest BCUT2D eigenvalue weighted by molar-refractivity contribution is -0.198. The molecule has 59 nitrogen and oxygen atoms in total. The molecule has 18 saturated heterocycles. The molecule has 2 N–H and O–H groups in total. The van der Waals surface area contributed by atoms with Gasteiger partial charge in [0.1, 0.15) is 140 Å². The van der Waals surface area contributed by atoms with E-state index in [2.05, 4.69) is 82.1 Å². The molecule has 18 rings (SSSR count). The topological polar surface area (TPSA) is 801 Å². The van der Waals surface area contributed by atoms with Crippen LogP contribution >= 0.6 is 0 Å². The van der Waals surface area contributed by atoms with Gasteiger partial charge in [-0.15, -0.1) is 0 Å². The van der Waals surface area contributed by atoms with E-state index >= 15 is 0 Å². The highest BCUT2D eigenvalue weighted by Crippen LogP contribution is 2.67. The fourth-order valence-electron chi connectivity index (χ4n) is 21.0. The van der Waals surface area contributed by atoms with Gasteiger partial charge in [0.2, 0.25) is 4.75 Å². The second-order valence-electron chi connectivity index (χ2n) is 35.3. The molecular weight excluding hydrogens is 2120 g/mol. The van der Waals surface area contributed by atoms with Crippen LogP contribution in [0.2, 0.25) is 0 Å². The van der Waals surface area contributed by atoms with Crippen LogP contribution in [0, 0.1) is 23.2 Å². The first-order valence-corrected chi connectivity index (χ1v) is 52.1. The van der Waals surface area contributed by atoms with Crippen molar-refractivity contribution >= 4 is 157 Å². The smallest absolute Gasteiger partial charge is 0.345 e. The highest BCUT2D eigenvalue weighted by Gasteiger charge is 2.87. The van der Waals surface area contributed by atoms with E-state index in [4.69, 9.17) is 91.9 Å². The summed E-state index contributed by atoms with van der Waals surface area (Å²) in [6, 6.07) is 1.87. The molecule has 65 heteroatoms. The Morgan fingerprint density at radius 2 is 0.884 bits per heavy atom. The van der Waals surface area contributed by atoms with Gasteiger partial charge in [0.15, 0.2) is 81.4 Å². The van der Waals surface area contributed by atoms with Gasteiger partial charge in [-0.05, 0) is 20.8 Å². The molecule has 0 amide bonds. The molecule has 18 fully saturated rings. The van der Waals surface area contributed by atoms with Gasteiger partial charge in [0.05, 0.1) is 46.0 Å². The molecule has 147 heavy (non-hydrogen) atoms. The van der Waals surface area contributed by atoms with Crippen molar-refractivity contribution in [1.29, 1.82) is 5.26 Å². The molecule has 0 aliphatic carbocycles. The minimum Gasteiger partial charge on any atom is -0.469 e. The lowest BCUT2D eigenvalue weighted by atomic mass is 9.67. The zero-order chi connectivity index (χ0) is 109. The summed E-state index contributed by atoms with van der Waals surface area (Å²) in [6.45, 7) is 19.3. The molecule has 32 atom stereocenters. The van der Waals surface area contributed by atoms with Gasteiger partial charge in [-0.3, -0.25) is 44.3 Å². The van der Waals surface area contributed by atoms with Crippen molar-refractivity contribution in [2.45, 2.75) is 234 Å². The standard InChI is InChI=1S/C17H20O12S.C14H18O8S.2C13H14O10S.C13H16O10S.C12H11NO8S/c1-3-12(20)25-7-13(21)27-14-15-17(4-5-24-9-18)11(30(22,23)28-15)6-16(14,29-17)8-26-10(2)19;1-5-9(15)19-7-10(16)20-14(4)12(2)6-8-11(21-12)13(14,3)22-23(8,17)18;1-3-7(14)20-5-8(15)22-9-6-4-13(12(16)19-2)11(21-6)10(9)23-24(13,17)18;1-3-5(14)20-4-6(15)21-9-8-7(13(16)19-2)12-11(22-8)10(9)23-24(12,17)18;1-2-8(16)20-4-9(17)21-10-11-13(6-15)7(24(18,19)22-11)3-12(10,5-14)23-13;1-2-6(14)18-4-7(15)19-9-8-5(3-13)12-11(20-8)10(9)21-22(12,16)17/h3,9,11,14-15H,1,4-8H2,2H3;5,8,11H,1,6-7H2,2-4H3;3,6,9-11H,1,4-5H2,2H3;3,7-12H,1,4H2,2H3;2,7,10-11,14-15H,1,3-6H2;2,5,8-12H,1,4H2. The molecule has 0 spiro atoms. The van der Waals surface area contributed by atoms with Gasteiger partial charge in [0.25, 0.3) is 67.2 Å². The van der Waals surface area contributed by atoms with E-state index < -0.39 is 396 Å². The molecule has 18 aliphatic heterocycles. The monoisotopic (exact) mass is 2210 g/mol. The number of carbonyl (C=O) groups is 16. The molecule has 18 aliphatic rings. The third kappa shape index (κ3) is 19.7. The van der Waals surface area contributed by atoms with Gasteiger partial charge in [-0.2, -0.15) is 55.8 Å². The lowest BCUT2D eigenvalue weighted by Crippen LogP contribution is -2.64. The van der Waals surface area contributed by atoms with Crippen LogP contribution in [-0.4, -0.2) is 411 Å². The van der Waals surface area contributed by atoms with Gasteiger partial charge in [-0.1, -0.05) is 39.5 Å². The van der Waals surface area contributed by atoms with E-state index in [0.29, 0.717) is 0 Å². The van der Waals surface area contributed by atoms with Gasteiger partial charge in [-0.25, -0.2) is 57.5 Å². The molecule has 0 saturated carbocycles. The summed E-state index contributed by atoms with van der Waals surface area (Å²) in [4.78, 5) is 183. The summed E-state index contributed by atoms with van der Waals surface area (Å²) in [5, 5.41) is 23.2. The average Bonchev–Trinajstić information content (AvgIpc) is 1.48. The van der Waals surface area contributed by atoms with Gasteiger partial charge < -0.3 is 114 Å². The Balaban J connectivity index is 0.000000148. The maximum Gasteiger partial charge on any atom is 0.345 e. The predicted molar refractivity (Wildman–Crippen MR) is 455 cm³/mol. The summed E-state index contributed by atoms with van der Waals surface area (Å²) in [5.41, 5.74) is -9.71. The second kappa shape index (κ2) is 41.5. The predicted octanol–water partition coefficient (Wildman–Crippen LogP) is -8.17. The van der Waals surface area contributed by atoms with Gasteiger partial charge >= 0.3 is 89.5 Å². The largest absolute Gasteiger partial charge is 0.469 e. The highest BCUT2D eigenvalue weighted by atomic mass is 32.2. The molecular formula is C82H93NO58S6. The van der Waals surface area contributed by atoms with Crippen LogP contribution in [0.25, 0.3) is 0 Å². The van der Waals surface area contributed by atoms with E-state index in [1.807, 2.05) is 6.07 Å². The molecule has 12 bridgehead atoms. The molecule has 0 aromatic rings. The highest BCUT2D eigenvalue weighted by molar-refractivity contribution is 7.89. The number of nitrogens with zero attached hydrogens (tertiary/aromatic N) is 1. The average molecular weight is 2210 g/mol. The Kier molecular flexibility index (Phi) is 31.8. The van der Waals surface area contributed by atoms with Crippen molar-refractivity contribution in [3.05, 3.63) is 75.9 Å². The number of aliphatic hydroxyl groups excluding tert-OH is 2. The third-order valence-electron chi connectivity index (χ3n) is 27.4. The van der Waals surface area contributed by atoms with E-state index in [1.54, 1.807) is 20.8 Å². The number of rotatable bonds is 34. The first-order chi connectivity index (χ1) is 68.8. The quantitative estimate of drug-likeness (QED) is 0.0151. The van der Waals surface area contributed by atoms with E-state index in [0.717, 1.165) is 57.6 Å². The second-order valence-corrected chi connectivity index (χ2v) is 45.8. The molecule has 0 radical (unpaired) electrons. The summed E-state index contributed by atoms with van der Waals surface area (Å²) in [6.07, 6.45) is -12.9. The van der Waals surface area contributed by atoms with Crippen LogP contribution in [0.4, 0.5) is 0 Å². The Morgan fingerprint density at radius 1 is 0.449 bits per heavy atom. The number of esters is 15. The lowest BCUT2D eigenvalue weighted by Gasteiger charge is -2.45. The normalized spacial score (nSPS) is 39.3. The molecule has 0 aromatic heterocycles. The Bertz CT molecular complexity index is 6260. The number of methoxy groups -OCH3 is 2. The Labute approximate surface area is 832 Å². The molecule has 810 valence electrons. The maximum absolute atomic E-state index is 12.5. The summed E-state index contributed by atoms with van der Waals surface area (Å²) < 4.78 is 286. The van der Waals surface area contributed by atoms with Crippen molar-refractivity contribution < 1.29 is 267 Å². The zero-order valence-electron chi connectivity index (χ0n) is 77.4. The summed E-state index contributed by atoms with van der Waals surface area (Å²) in [7, 11) is -22.0. The first-order valence-electron chi connectivity index (χ1n) is 43.3. The minimum absolute atomic E-state index is 0.0539. The van der Waals surface area contributed by atoms with Crippen molar-refractivity contribution in [1.82, 2.24) is 0 Å². The molecule has 18 heterocycles. The van der Waals surface area contributed by atoms with Crippen LogP contribution in [0.1, 0.15) is 59.8 Å². The molecule has 32 unspecified atom stereocenters. The van der Waals surface area contributed by atoms with Crippen molar-refractivity contribution in [3.8, 4) is 6.07 Å². The van der Waals surface area contributed by atoms with Crippen molar-refractivity contribution in [2.75, 3.05) is 80.3 Å². The first kappa shape index (κ1) is 113. The maximum atomic E-state index is 12.5. The van der Waals surface area contributed by atoms with Crippen molar-refractivity contribution in [2.24, 2.45) is 11.8 Å². The number of hydrogen-bond acceptors (Lipinski definition) is 59. The minimum atomic E-state index is -4.29. The Morgan fingerprint density at radius 3 is 1.35 bits per heavy atom. The van der Waals surface area contributed by atoms with E-state index in [9.17, 15) is 137 Å². The number of carbonyl (C=O) groups excluding carboxylic acids is 16.